The van der Waals surface area contributed by atoms with Crippen molar-refractivity contribution in [2.45, 2.75) is 46.2 Å². The van der Waals surface area contributed by atoms with Gasteiger partial charge < -0.3 is 10.2 Å². The van der Waals surface area contributed by atoms with E-state index in [4.69, 9.17) is 0 Å². The van der Waals surface area contributed by atoms with Crippen LogP contribution < -0.4 is 15.5 Å². The Labute approximate surface area is 128 Å². The summed E-state index contributed by atoms with van der Waals surface area (Å²) in [6, 6.07) is 0.207. The van der Waals surface area contributed by atoms with Gasteiger partial charge in [0.25, 0.3) is 5.91 Å². The Morgan fingerprint density at radius 2 is 2.14 bits per heavy atom. The van der Waals surface area contributed by atoms with Crippen LogP contribution in [0.3, 0.4) is 0 Å². The van der Waals surface area contributed by atoms with Crippen molar-refractivity contribution < 1.29 is 9.59 Å². The molecule has 1 aromatic heterocycles. The van der Waals surface area contributed by atoms with Crippen LogP contribution in [0, 0.1) is 6.92 Å². The largest absolute Gasteiger partial charge is 0.325 e. The van der Waals surface area contributed by atoms with Crippen molar-refractivity contribution in [1.82, 2.24) is 15.6 Å². The van der Waals surface area contributed by atoms with Crippen LogP contribution in [0.1, 0.15) is 44.3 Å². The van der Waals surface area contributed by atoms with Crippen LogP contribution in [0.4, 0.5) is 5.13 Å². The van der Waals surface area contributed by atoms with E-state index in [1.807, 2.05) is 6.92 Å². The van der Waals surface area contributed by atoms with Gasteiger partial charge in [0, 0.05) is 10.9 Å². The third-order valence-corrected chi connectivity index (χ3v) is 5.10. The van der Waals surface area contributed by atoms with Crippen molar-refractivity contribution in [2.75, 3.05) is 18.0 Å². The Hall–Kier alpha value is -1.47. The summed E-state index contributed by atoms with van der Waals surface area (Å²) in [6.45, 7) is 10.8. The predicted octanol–water partition coefficient (Wildman–Crippen LogP) is 1.36. The molecule has 116 valence electrons. The second-order valence-electron chi connectivity index (χ2n) is 5.75. The molecule has 2 heterocycles. The van der Waals surface area contributed by atoms with Crippen molar-refractivity contribution in [2.24, 2.45) is 0 Å². The highest BCUT2D eigenvalue weighted by molar-refractivity contribution is 7.15. The maximum Gasteiger partial charge on any atom is 0.251 e. The zero-order valence-electron chi connectivity index (χ0n) is 13.1. The summed E-state index contributed by atoms with van der Waals surface area (Å²) in [4.78, 5) is 31.2. The molecule has 6 nitrogen and oxygen atoms in total. The molecule has 7 heteroatoms. The number of rotatable bonds is 4. The Kier molecular flexibility index (Phi) is 4.34. The standard InChI is InChI=1S/C14H22N4O2S/c1-6-15-8(2)11-9(3)16-13(21-11)18-7-10(19)17-12(20)14(18,4)5/h8,15H,6-7H2,1-5H3,(H,17,19,20). The third kappa shape index (κ3) is 2.94. The second-order valence-corrected chi connectivity index (χ2v) is 6.76. The van der Waals surface area contributed by atoms with Gasteiger partial charge in [0.05, 0.1) is 5.69 Å². The van der Waals surface area contributed by atoms with Gasteiger partial charge in [-0.15, -0.1) is 0 Å². The maximum atomic E-state index is 12.0. The molecule has 1 aromatic rings. The number of carbonyl (C=O) groups excluding carboxylic acids is 2. The van der Waals surface area contributed by atoms with Gasteiger partial charge in [0.15, 0.2) is 5.13 Å². The average Bonchev–Trinajstić information content (AvgIpc) is 2.76. The molecule has 2 rings (SSSR count). The lowest BCUT2D eigenvalue weighted by molar-refractivity contribution is -0.135. The number of aromatic nitrogens is 1. The molecule has 0 aliphatic carbocycles. The summed E-state index contributed by atoms with van der Waals surface area (Å²) in [6.07, 6.45) is 0. The van der Waals surface area contributed by atoms with Crippen LogP contribution in [0.5, 0.6) is 0 Å². The molecule has 1 aliphatic rings. The molecule has 1 atom stereocenters. The number of nitrogens with one attached hydrogen (secondary N) is 2. The van der Waals surface area contributed by atoms with Crippen LogP contribution in [-0.4, -0.2) is 35.4 Å². The smallest absolute Gasteiger partial charge is 0.251 e. The lowest BCUT2D eigenvalue weighted by Crippen LogP contribution is -2.64. The molecular weight excluding hydrogens is 288 g/mol. The minimum atomic E-state index is -0.781. The molecule has 2 amide bonds. The monoisotopic (exact) mass is 310 g/mol. The van der Waals surface area contributed by atoms with E-state index in [-0.39, 0.29) is 24.4 Å². The van der Waals surface area contributed by atoms with E-state index in [1.54, 1.807) is 30.1 Å². The molecule has 1 unspecified atom stereocenters. The number of thiazole rings is 1. The fourth-order valence-electron chi connectivity index (χ4n) is 2.40. The van der Waals surface area contributed by atoms with Crippen molar-refractivity contribution in [3.05, 3.63) is 10.6 Å². The van der Waals surface area contributed by atoms with Gasteiger partial charge in [-0.25, -0.2) is 4.98 Å². The molecule has 0 spiro atoms. The molecule has 2 N–H and O–H groups in total. The average molecular weight is 310 g/mol. The highest BCUT2D eigenvalue weighted by Crippen LogP contribution is 2.34. The predicted molar refractivity (Wildman–Crippen MR) is 83.5 cm³/mol. The fraction of sp³-hybridized carbons (Fsp3) is 0.643. The van der Waals surface area contributed by atoms with Gasteiger partial charge in [-0.05, 0) is 34.2 Å². The number of piperazine rings is 1. The van der Waals surface area contributed by atoms with Gasteiger partial charge in [-0.1, -0.05) is 18.3 Å². The van der Waals surface area contributed by atoms with Gasteiger partial charge in [0.1, 0.15) is 12.1 Å². The lowest BCUT2D eigenvalue weighted by Gasteiger charge is -2.39. The SMILES string of the molecule is CCNC(C)c1sc(N2CC(=O)NC(=O)C2(C)C)nc1C. The zero-order chi connectivity index (χ0) is 15.8. The zero-order valence-corrected chi connectivity index (χ0v) is 13.9. The van der Waals surface area contributed by atoms with Gasteiger partial charge in [-0.2, -0.15) is 0 Å². The van der Waals surface area contributed by atoms with Crippen LogP contribution in [0.15, 0.2) is 0 Å². The summed E-state index contributed by atoms with van der Waals surface area (Å²) in [5.41, 5.74) is 0.161. The summed E-state index contributed by atoms with van der Waals surface area (Å²) in [5.74, 6) is -0.568. The molecule has 1 saturated heterocycles. The normalized spacial score (nSPS) is 19.6. The van der Waals surface area contributed by atoms with E-state index in [0.29, 0.717) is 0 Å². The van der Waals surface area contributed by atoms with Crippen molar-refractivity contribution in [1.29, 1.82) is 0 Å². The van der Waals surface area contributed by atoms with E-state index in [2.05, 4.69) is 29.5 Å². The third-order valence-electron chi connectivity index (χ3n) is 3.74. The maximum absolute atomic E-state index is 12.0. The number of hydrogen-bond acceptors (Lipinski definition) is 6. The summed E-state index contributed by atoms with van der Waals surface area (Å²) >= 11 is 1.54. The van der Waals surface area contributed by atoms with E-state index < -0.39 is 5.54 Å². The highest BCUT2D eigenvalue weighted by atomic mass is 32.1. The fourth-order valence-corrected chi connectivity index (χ4v) is 3.64. The molecular formula is C14H22N4O2S. The summed E-state index contributed by atoms with van der Waals surface area (Å²) in [7, 11) is 0. The van der Waals surface area contributed by atoms with E-state index in [9.17, 15) is 9.59 Å². The first-order valence-corrected chi connectivity index (χ1v) is 7.91. The first kappa shape index (κ1) is 15.9. The van der Waals surface area contributed by atoms with Crippen LogP contribution in [0.25, 0.3) is 0 Å². The molecule has 0 bridgehead atoms. The lowest BCUT2D eigenvalue weighted by atomic mass is 10.00. The van der Waals surface area contributed by atoms with E-state index >= 15 is 0 Å². The molecule has 0 aromatic carbocycles. The second kappa shape index (κ2) is 5.73. The number of carbonyl (C=O) groups is 2. The number of amides is 2. The molecule has 21 heavy (non-hydrogen) atoms. The van der Waals surface area contributed by atoms with Crippen LogP contribution in [0.2, 0.25) is 0 Å². The van der Waals surface area contributed by atoms with Crippen LogP contribution in [-0.2, 0) is 9.59 Å². The number of anilines is 1. The number of imide groups is 1. The number of nitrogens with zero attached hydrogens (tertiary/aromatic N) is 2. The van der Waals surface area contributed by atoms with Crippen LogP contribution >= 0.6 is 11.3 Å². The van der Waals surface area contributed by atoms with E-state index in [0.717, 1.165) is 22.2 Å². The molecule has 1 fully saturated rings. The Balaban J connectivity index is 2.35. The number of hydrogen-bond donors (Lipinski definition) is 2. The minimum Gasteiger partial charge on any atom is -0.325 e. The quantitative estimate of drug-likeness (QED) is 0.822. The summed E-state index contributed by atoms with van der Waals surface area (Å²) < 4.78 is 0. The summed E-state index contributed by atoms with van der Waals surface area (Å²) in [5, 5.41) is 6.46. The number of aryl methyl sites for hydroxylation is 1. The van der Waals surface area contributed by atoms with Gasteiger partial charge in [-0.3, -0.25) is 14.9 Å². The first-order chi connectivity index (χ1) is 9.77. The minimum absolute atomic E-state index is 0.153. The highest BCUT2D eigenvalue weighted by Gasteiger charge is 2.42. The van der Waals surface area contributed by atoms with Crippen molar-refractivity contribution >= 4 is 28.3 Å². The molecule has 0 saturated carbocycles. The van der Waals surface area contributed by atoms with Crippen molar-refractivity contribution in [3.8, 4) is 0 Å². The molecule has 1 aliphatic heterocycles. The Bertz CT molecular complexity index is 567. The Morgan fingerprint density at radius 3 is 2.76 bits per heavy atom. The Morgan fingerprint density at radius 1 is 1.48 bits per heavy atom. The molecule has 0 radical (unpaired) electrons. The first-order valence-electron chi connectivity index (χ1n) is 7.10. The van der Waals surface area contributed by atoms with Crippen molar-refractivity contribution in [3.63, 3.8) is 0 Å². The topological polar surface area (TPSA) is 74.3 Å². The van der Waals surface area contributed by atoms with E-state index in [1.165, 1.54) is 0 Å². The van der Waals surface area contributed by atoms with Gasteiger partial charge >= 0.3 is 0 Å². The van der Waals surface area contributed by atoms with Gasteiger partial charge in [0.2, 0.25) is 5.91 Å².